The summed E-state index contributed by atoms with van der Waals surface area (Å²) in [6, 6.07) is 37.0. The van der Waals surface area contributed by atoms with E-state index in [9.17, 15) is 14.4 Å². The monoisotopic (exact) mass is 656 g/mol. The fourth-order valence-electron chi connectivity index (χ4n) is 5.58. The van der Waals surface area contributed by atoms with Crippen molar-refractivity contribution in [1.29, 1.82) is 0 Å². The van der Waals surface area contributed by atoms with Crippen LogP contribution in [0.25, 0.3) is 0 Å². The van der Waals surface area contributed by atoms with Crippen LogP contribution in [0.4, 0.5) is 0 Å². The molecule has 7 nitrogen and oxygen atoms in total. The summed E-state index contributed by atoms with van der Waals surface area (Å²) in [5.41, 5.74) is 4.79. The molecule has 0 fully saturated rings. The molecular weight excluding hydrogens is 616 g/mol. The maximum atomic E-state index is 12.9. The molecule has 0 aliphatic carbocycles. The van der Waals surface area contributed by atoms with Crippen LogP contribution < -0.4 is 18.9 Å². The first-order valence-corrected chi connectivity index (χ1v) is 16.0. The lowest BCUT2D eigenvalue weighted by Crippen LogP contribution is -2.19. The minimum Gasteiger partial charge on any atom is -0.497 e. The molecule has 5 aromatic rings. The minimum absolute atomic E-state index is 0.0537. The summed E-state index contributed by atoms with van der Waals surface area (Å²) < 4.78 is 21.6. The van der Waals surface area contributed by atoms with Crippen molar-refractivity contribution in [3.05, 3.63) is 155 Å². The number of methoxy groups -OCH3 is 1. The van der Waals surface area contributed by atoms with Crippen LogP contribution in [0.15, 0.2) is 121 Å². The van der Waals surface area contributed by atoms with E-state index in [4.69, 9.17) is 18.9 Å². The molecule has 7 heteroatoms. The van der Waals surface area contributed by atoms with Gasteiger partial charge in [-0.15, -0.1) is 0 Å². The van der Waals surface area contributed by atoms with E-state index in [1.165, 1.54) is 6.92 Å². The Balaban J connectivity index is 1.14. The lowest BCUT2D eigenvalue weighted by Gasteiger charge is -2.26. The van der Waals surface area contributed by atoms with Crippen molar-refractivity contribution < 1.29 is 33.3 Å². The Kier molecular flexibility index (Phi) is 10.3. The average Bonchev–Trinajstić information content (AvgIpc) is 3.09. The average molecular weight is 657 g/mol. The molecule has 0 N–H and O–H groups in total. The summed E-state index contributed by atoms with van der Waals surface area (Å²) in [7, 11) is 1.65. The van der Waals surface area contributed by atoms with Crippen molar-refractivity contribution in [3.63, 3.8) is 0 Å². The lowest BCUT2D eigenvalue weighted by atomic mass is 9.78. The number of ether oxygens (including phenoxy) is 4. The van der Waals surface area contributed by atoms with Crippen LogP contribution in [0.3, 0.4) is 0 Å². The molecule has 5 rings (SSSR count). The van der Waals surface area contributed by atoms with Crippen molar-refractivity contribution in [1.82, 2.24) is 0 Å². The summed E-state index contributed by atoms with van der Waals surface area (Å²) in [6.45, 7) is 9.84. The van der Waals surface area contributed by atoms with E-state index in [-0.39, 0.29) is 23.2 Å². The number of rotatable bonds is 11. The lowest BCUT2D eigenvalue weighted by molar-refractivity contribution is -0.134. The van der Waals surface area contributed by atoms with Crippen LogP contribution in [0.2, 0.25) is 0 Å². The highest BCUT2D eigenvalue weighted by molar-refractivity contribution is 5.91. The molecule has 0 saturated heterocycles. The maximum absolute atomic E-state index is 12.9. The third-order valence-corrected chi connectivity index (χ3v) is 8.78. The first kappa shape index (κ1) is 34.6. The van der Waals surface area contributed by atoms with Gasteiger partial charge in [0.2, 0.25) is 0 Å². The first-order chi connectivity index (χ1) is 23.3. The summed E-state index contributed by atoms with van der Waals surface area (Å²) in [5.74, 6) is 0.919. The quantitative estimate of drug-likeness (QED) is 0.104. The Morgan fingerprint density at radius 1 is 0.490 bits per heavy atom. The molecule has 0 amide bonds. The molecule has 49 heavy (non-hydrogen) atoms. The number of carbonyl (C=O) groups excluding carboxylic acids is 3. The Labute approximate surface area is 287 Å². The zero-order valence-corrected chi connectivity index (χ0v) is 28.6. The van der Waals surface area contributed by atoms with Crippen molar-refractivity contribution in [3.8, 4) is 23.0 Å². The maximum Gasteiger partial charge on any atom is 0.343 e. The third-order valence-electron chi connectivity index (χ3n) is 8.78. The molecular formula is C42H40O7. The normalized spacial score (nSPS) is 11.4. The molecule has 0 heterocycles. The smallest absolute Gasteiger partial charge is 0.343 e. The summed E-state index contributed by atoms with van der Waals surface area (Å²) >= 11 is 0. The number of esters is 3. The molecule has 0 radical (unpaired) electrons. The number of carbonyl (C=O) groups is 3. The van der Waals surface area contributed by atoms with Gasteiger partial charge in [-0.1, -0.05) is 88.4 Å². The molecule has 0 aliphatic rings. The van der Waals surface area contributed by atoms with E-state index >= 15 is 0 Å². The second-order valence-electron chi connectivity index (χ2n) is 12.9. The van der Waals surface area contributed by atoms with Gasteiger partial charge in [-0.05, 0) is 88.5 Å². The van der Waals surface area contributed by atoms with Gasteiger partial charge in [-0.2, -0.15) is 0 Å². The standard InChI is InChI=1S/C42H40O7/c1-28(43)47-36-21-13-32(14-22-36)42(4,5)34-17-25-38(26-18-34)49-40(45)30-9-7-29(8-10-30)27-39(44)48-37-23-15-33(16-24-37)41(2,3)31-11-19-35(46-6)20-12-31/h7-26H,27H2,1-6H3. The van der Waals surface area contributed by atoms with Crippen molar-refractivity contribution in [2.24, 2.45) is 0 Å². The Morgan fingerprint density at radius 2 is 0.857 bits per heavy atom. The van der Waals surface area contributed by atoms with Crippen LogP contribution in [0, 0.1) is 0 Å². The zero-order valence-electron chi connectivity index (χ0n) is 28.6. The van der Waals surface area contributed by atoms with Crippen LogP contribution >= 0.6 is 0 Å². The first-order valence-electron chi connectivity index (χ1n) is 16.0. The van der Waals surface area contributed by atoms with E-state index in [1.54, 1.807) is 67.8 Å². The van der Waals surface area contributed by atoms with Gasteiger partial charge in [0.1, 0.15) is 23.0 Å². The predicted octanol–water partition coefficient (Wildman–Crippen LogP) is 8.64. The van der Waals surface area contributed by atoms with Crippen molar-refractivity contribution in [2.45, 2.75) is 51.9 Å². The fraction of sp³-hybridized carbons (Fsp3) is 0.214. The highest BCUT2D eigenvalue weighted by Gasteiger charge is 2.25. The largest absolute Gasteiger partial charge is 0.497 e. The second-order valence-corrected chi connectivity index (χ2v) is 12.9. The van der Waals surface area contributed by atoms with Crippen LogP contribution in [-0.4, -0.2) is 25.0 Å². The van der Waals surface area contributed by atoms with E-state index < -0.39 is 11.9 Å². The van der Waals surface area contributed by atoms with Gasteiger partial charge in [0.05, 0.1) is 19.1 Å². The SMILES string of the molecule is COc1ccc(C(C)(C)c2ccc(OC(=O)Cc3ccc(C(=O)Oc4ccc(C(C)(C)c5ccc(OC(C)=O)cc5)cc4)cc3)cc2)cc1. The Morgan fingerprint density at radius 3 is 1.24 bits per heavy atom. The molecule has 0 spiro atoms. The van der Waals surface area contributed by atoms with Crippen LogP contribution in [0.5, 0.6) is 23.0 Å². The van der Waals surface area contributed by atoms with E-state index in [0.29, 0.717) is 28.4 Å². The number of hydrogen-bond acceptors (Lipinski definition) is 7. The van der Waals surface area contributed by atoms with Crippen molar-refractivity contribution in [2.75, 3.05) is 7.11 Å². The van der Waals surface area contributed by atoms with Gasteiger partial charge < -0.3 is 18.9 Å². The van der Waals surface area contributed by atoms with Gasteiger partial charge in [0.25, 0.3) is 0 Å². The zero-order chi connectivity index (χ0) is 35.2. The summed E-state index contributed by atoms with van der Waals surface area (Å²) in [4.78, 5) is 36.8. The Hall–Kier alpha value is -5.69. The molecule has 0 saturated carbocycles. The molecule has 0 bridgehead atoms. The van der Waals surface area contributed by atoms with Crippen LogP contribution in [0.1, 0.15) is 72.8 Å². The van der Waals surface area contributed by atoms with Gasteiger partial charge >= 0.3 is 17.9 Å². The van der Waals surface area contributed by atoms with Gasteiger partial charge in [-0.25, -0.2) is 4.79 Å². The third kappa shape index (κ3) is 8.43. The molecule has 0 atom stereocenters. The Bertz CT molecular complexity index is 1900. The van der Waals surface area contributed by atoms with Gasteiger partial charge in [0, 0.05) is 17.8 Å². The minimum atomic E-state index is -0.500. The summed E-state index contributed by atoms with van der Waals surface area (Å²) in [6.07, 6.45) is 0.0537. The number of benzene rings is 5. The second kappa shape index (κ2) is 14.6. The van der Waals surface area contributed by atoms with E-state index in [2.05, 4.69) is 39.8 Å². The van der Waals surface area contributed by atoms with Crippen molar-refractivity contribution >= 4 is 17.9 Å². The van der Waals surface area contributed by atoms with E-state index in [0.717, 1.165) is 28.0 Å². The highest BCUT2D eigenvalue weighted by atomic mass is 16.5. The number of hydrogen-bond donors (Lipinski definition) is 0. The highest BCUT2D eigenvalue weighted by Crippen LogP contribution is 2.35. The van der Waals surface area contributed by atoms with E-state index in [1.807, 2.05) is 48.5 Å². The molecule has 0 aromatic heterocycles. The molecule has 0 aliphatic heterocycles. The fourth-order valence-corrected chi connectivity index (χ4v) is 5.58. The summed E-state index contributed by atoms with van der Waals surface area (Å²) in [5, 5.41) is 0. The molecule has 5 aromatic carbocycles. The van der Waals surface area contributed by atoms with Gasteiger partial charge in [0.15, 0.2) is 0 Å². The molecule has 0 unspecified atom stereocenters. The predicted molar refractivity (Wildman–Crippen MR) is 189 cm³/mol. The molecule has 250 valence electrons. The topological polar surface area (TPSA) is 88.1 Å². The van der Waals surface area contributed by atoms with Gasteiger partial charge in [-0.3, -0.25) is 9.59 Å². The van der Waals surface area contributed by atoms with Crippen LogP contribution in [-0.2, 0) is 26.8 Å².